The van der Waals surface area contributed by atoms with E-state index in [2.05, 4.69) is 10.6 Å². The number of hydrogen-bond donors (Lipinski definition) is 3. The Morgan fingerprint density at radius 2 is 2.00 bits per heavy atom. The molecule has 7 nitrogen and oxygen atoms in total. The van der Waals surface area contributed by atoms with Crippen LogP contribution in [0.3, 0.4) is 0 Å². The van der Waals surface area contributed by atoms with Gasteiger partial charge in [0.1, 0.15) is 0 Å². The molecule has 1 saturated heterocycles. The Morgan fingerprint density at radius 1 is 1.30 bits per heavy atom. The van der Waals surface area contributed by atoms with E-state index in [1.807, 2.05) is 13.8 Å². The van der Waals surface area contributed by atoms with Gasteiger partial charge in [0.15, 0.2) is 0 Å². The van der Waals surface area contributed by atoms with Crippen molar-refractivity contribution in [2.75, 3.05) is 26.2 Å². The molecule has 0 aliphatic carbocycles. The molecule has 0 aromatic heterocycles. The number of nitrogens with one attached hydrogen (secondary N) is 2. The number of carbonyl (C=O) groups is 3. The van der Waals surface area contributed by atoms with E-state index in [0.717, 1.165) is 0 Å². The normalized spacial score (nSPS) is 18.1. The summed E-state index contributed by atoms with van der Waals surface area (Å²) in [6, 6.07) is -0.301. The zero-order chi connectivity index (χ0) is 15.1. The smallest absolute Gasteiger partial charge is 0.317 e. The molecular formula is C13H23N3O4. The topological polar surface area (TPSA) is 98.7 Å². The molecular weight excluding hydrogens is 262 g/mol. The van der Waals surface area contributed by atoms with Crippen molar-refractivity contribution in [2.45, 2.75) is 26.7 Å². The van der Waals surface area contributed by atoms with Crippen molar-refractivity contribution in [1.82, 2.24) is 15.5 Å². The molecule has 1 heterocycles. The van der Waals surface area contributed by atoms with Gasteiger partial charge < -0.3 is 20.6 Å². The molecule has 3 amide bonds. The van der Waals surface area contributed by atoms with E-state index in [-0.39, 0.29) is 31.4 Å². The number of urea groups is 1. The second-order valence-corrected chi connectivity index (χ2v) is 5.45. The highest BCUT2D eigenvalue weighted by Crippen LogP contribution is 2.15. The van der Waals surface area contributed by atoms with Crippen molar-refractivity contribution < 1.29 is 19.5 Å². The van der Waals surface area contributed by atoms with E-state index in [0.29, 0.717) is 25.4 Å². The van der Waals surface area contributed by atoms with Gasteiger partial charge in [-0.05, 0) is 12.3 Å². The van der Waals surface area contributed by atoms with Crippen LogP contribution < -0.4 is 10.6 Å². The number of amides is 3. The van der Waals surface area contributed by atoms with Crippen LogP contribution in [0.25, 0.3) is 0 Å². The number of carbonyl (C=O) groups excluding carboxylic acids is 2. The van der Waals surface area contributed by atoms with Gasteiger partial charge in [-0.15, -0.1) is 0 Å². The minimum atomic E-state index is -0.867. The SMILES string of the molecule is CC(C)CNC(=O)CCNC(=O)N1CCC(C(=O)O)C1. The van der Waals surface area contributed by atoms with Gasteiger partial charge in [0, 0.05) is 32.6 Å². The molecule has 1 fully saturated rings. The number of hydrogen-bond acceptors (Lipinski definition) is 3. The quantitative estimate of drug-likeness (QED) is 0.652. The first-order valence-corrected chi connectivity index (χ1v) is 6.92. The largest absolute Gasteiger partial charge is 0.481 e. The fourth-order valence-corrected chi connectivity index (χ4v) is 1.95. The predicted molar refractivity (Wildman–Crippen MR) is 73.2 cm³/mol. The molecule has 114 valence electrons. The van der Waals surface area contributed by atoms with E-state index in [1.165, 1.54) is 4.90 Å². The number of carboxylic acids is 1. The second kappa shape index (κ2) is 7.72. The summed E-state index contributed by atoms with van der Waals surface area (Å²) >= 11 is 0. The lowest BCUT2D eigenvalue weighted by atomic mass is 10.1. The van der Waals surface area contributed by atoms with Crippen molar-refractivity contribution >= 4 is 17.9 Å². The third-order valence-electron chi connectivity index (χ3n) is 3.16. The summed E-state index contributed by atoms with van der Waals surface area (Å²) in [5, 5.41) is 14.3. The summed E-state index contributed by atoms with van der Waals surface area (Å²) in [6.45, 7) is 5.59. The van der Waals surface area contributed by atoms with Crippen LogP contribution in [0.1, 0.15) is 26.7 Å². The summed E-state index contributed by atoms with van der Waals surface area (Å²) < 4.78 is 0. The molecule has 7 heteroatoms. The summed E-state index contributed by atoms with van der Waals surface area (Å²) in [5.41, 5.74) is 0. The summed E-state index contributed by atoms with van der Waals surface area (Å²) in [6.07, 6.45) is 0.715. The Balaban J connectivity index is 2.18. The molecule has 1 aliphatic rings. The third kappa shape index (κ3) is 5.46. The van der Waals surface area contributed by atoms with Crippen LogP contribution in [0, 0.1) is 11.8 Å². The fraction of sp³-hybridized carbons (Fsp3) is 0.769. The van der Waals surface area contributed by atoms with Crippen molar-refractivity contribution in [1.29, 1.82) is 0 Å². The van der Waals surface area contributed by atoms with Crippen LogP contribution in [0.15, 0.2) is 0 Å². The lowest BCUT2D eigenvalue weighted by Gasteiger charge is -2.16. The van der Waals surface area contributed by atoms with Gasteiger partial charge in [0.25, 0.3) is 0 Å². The molecule has 1 rings (SSSR count). The minimum absolute atomic E-state index is 0.0937. The average molecular weight is 285 g/mol. The first kappa shape index (κ1) is 16.3. The highest BCUT2D eigenvalue weighted by molar-refractivity contribution is 5.79. The molecule has 20 heavy (non-hydrogen) atoms. The first-order valence-electron chi connectivity index (χ1n) is 6.92. The van der Waals surface area contributed by atoms with Crippen LogP contribution >= 0.6 is 0 Å². The Bertz CT molecular complexity index is 371. The third-order valence-corrected chi connectivity index (χ3v) is 3.16. The van der Waals surface area contributed by atoms with Gasteiger partial charge in [-0.1, -0.05) is 13.8 Å². The van der Waals surface area contributed by atoms with Crippen LogP contribution in [0.5, 0.6) is 0 Å². The van der Waals surface area contributed by atoms with E-state index in [9.17, 15) is 14.4 Å². The van der Waals surface area contributed by atoms with Gasteiger partial charge in [-0.2, -0.15) is 0 Å². The Morgan fingerprint density at radius 3 is 2.55 bits per heavy atom. The van der Waals surface area contributed by atoms with Gasteiger partial charge >= 0.3 is 12.0 Å². The molecule has 0 aromatic carbocycles. The number of rotatable bonds is 6. The van der Waals surface area contributed by atoms with E-state index >= 15 is 0 Å². The minimum Gasteiger partial charge on any atom is -0.481 e. The maximum atomic E-state index is 11.8. The second-order valence-electron chi connectivity index (χ2n) is 5.45. The average Bonchev–Trinajstić information content (AvgIpc) is 2.86. The highest BCUT2D eigenvalue weighted by Gasteiger charge is 2.30. The van der Waals surface area contributed by atoms with Crippen molar-refractivity contribution in [3.05, 3.63) is 0 Å². The van der Waals surface area contributed by atoms with Crippen molar-refractivity contribution in [3.8, 4) is 0 Å². The maximum Gasteiger partial charge on any atom is 0.317 e. The highest BCUT2D eigenvalue weighted by atomic mass is 16.4. The summed E-state index contributed by atoms with van der Waals surface area (Å²) in [7, 11) is 0. The molecule has 0 saturated carbocycles. The maximum absolute atomic E-state index is 11.8. The van der Waals surface area contributed by atoms with Crippen LogP contribution in [-0.4, -0.2) is 54.1 Å². The first-order chi connectivity index (χ1) is 9.40. The van der Waals surface area contributed by atoms with Crippen LogP contribution in [-0.2, 0) is 9.59 Å². The Hall–Kier alpha value is -1.79. The van der Waals surface area contributed by atoms with Gasteiger partial charge in [0.05, 0.1) is 5.92 Å². The number of carboxylic acid groups (broad SMARTS) is 1. The van der Waals surface area contributed by atoms with E-state index in [4.69, 9.17) is 5.11 Å². The van der Waals surface area contributed by atoms with Crippen molar-refractivity contribution in [3.63, 3.8) is 0 Å². The molecule has 0 aromatic rings. The molecule has 0 radical (unpaired) electrons. The Kier molecular flexibility index (Phi) is 6.27. The van der Waals surface area contributed by atoms with Gasteiger partial charge in [0.2, 0.25) is 5.91 Å². The summed E-state index contributed by atoms with van der Waals surface area (Å²) in [5.74, 6) is -1.04. The zero-order valence-corrected chi connectivity index (χ0v) is 12.0. The van der Waals surface area contributed by atoms with E-state index < -0.39 is 11.9 Å². The standard InChI is InChI=1S/C13H23N3O4/c1-9(2)7-15-11(17)3-5-14-13(20)16-6-4-10(8-16)12(18)19/h9-10H,3-8H2,1-2H3,(H,14,20)(H,15,17)(H,18,19). The molecule has 0 bridgehead atoms. The van der Waals surface area contributed by atoms with Gasteiger partial charge in [-0.25, -0.2) is 4.79 Å². The monoisotopic (exact) mass is 285 g/mol. The summed E-state index contributed by atoms with van der Waals surface area (Å²) in [4.78, 5) is 35.5. The number of likely N-dealkylation sites (tertiary alicyclic amines) is 1. The Labute approximate surface area is 118 Å². The lowest BCUT2D eigenvalue weighted by molar-refractivity contribution is -0.141. The zero-order valence-electron chi connectivity index (χ0n) is 12.0. The lowest BCUT2D eigenvalue weighted by Crippen LogP contribution is -2.40. The molecule has 1 unspecified atom stereocenters. The fourth-order valence-electron chi connectivity index (χ4n) is 1.95. The number of nitrogens with zero attached hydrogens (tertiary/aromatic N) is 1. The molecule has 1 aliphatic heterocycles. The number of aliphatic carboxylic acids is 1. The molecule has 0 spiro atoms. The van der Waals surface area contributed by atoms with Crippen molar-refractivity contribution in [2.24, 2.45) is 11.8 Å². The van der Waals surface area contributed by atoms with E-state index in [1.54, 1.807) is 0 Å². The van der Waals surface area contributed by atoms with Crippen LogP contribution in [0.4, 0.5) is 4.79 Å². The van der Waals surface area contributed by atoms with Gasteiger partial charge in [-0.3, -0.25) is 9.59 Å². The molecule has 3 N–H and O–H groups in total. The van der Waals surface area contributed by atoms with Crippen LogP contribution in [0.2, 0.25) is 0 Å². The predicted octanol–water partition coefficient (Wildman–Crippen LogP) is 0.265. The molecule has 1 atom stereocenters.